The van der Waals surface area contributed by atoms with E-state index in [1.165, 1.54) is 25.7 Å². The highest BCUT2D eigenvalue weighted by Gasteiger charge is 2.58. The predicted molar refractivity (Wildman–Crippen MR) is 54.3 cm³/mol. The first-order valence-electron chi connectivity index (χ1n) is 6.23. The first-order chi connectivity index (χ1) is 7.23. The van der Waals surface area contributed by atoms with Gasteiger partial charge in [0.2, 0.25) is 0 Å². The lowest BCUT2D eigenvalue weighted by atomic mass is 9.66. The van der Waals surface area contributed by atoms with Crippen LogP contribution in [0.1, 0.15) is 38.5 Å². The maximum atomic E-state index is 11.4. The number of carbonyl (C=O) groups is 1. The molecule has 1 spiro atoms. The van der Waals surface area contributed by atoms with Crippen LogP contribution in [0.4, 0.5) is 4.79 Å². The highest BCUT2D eigenvalue weighted by Crippen LogP contribution is 2.55. The molecule has 4 bridgehead atoms. The highest BCUT2D eigenvalue weighted by molar-refractivity contribution is 5.71. The van der Waals surface area contributed by atoms with E-state index in [9.17, 15) is 4.79 Å². The lowest BCUT2D eigenvalue weighted by Crippen LogP contribution is -2.47. The number of hydrogen-bond acceptors (Lipinski definition) is 2. The average Bonchev–Trinajstić information content (AvgIpc) is 2.30. The minimum Gasteiger partial charge on any atom is -0.441 e. The third-order valence-corrected chi connectivity index (χ3v) is 5.06. The molecule has 3 heteroatoms. The van der Waals surface area contributed by atoms with Gasteiger partial charge in [0, 0.05) is 0 Å². The Kier molecular flexibility index (Phi) is 1.40. The molecule has 4 saturated carbocycles. The first-order valence-corrected chi connectivity index (χ1v) is 6.23. The predicted octanol–water partition coefficient (Wildman–Crippen LogP) is 2.06. The summed E-state index contributed by atoms with van der Waals surface area (Å²) in [5.41, 5.74) is -0.101. The zero-order valence-corrected chi connectivity index (χ0v) is 8.87. The van der Waals surface area contributed by atoms with Crippen LogP contribution in [0.15, 0.2) is 0 Å². The van der Waals surface area contributed by atoms with Crippen LogP contribution in [0.25, 0.3) is 0 Å². The van der Waals surface area contributed by atoms with Crippen molar-refractivity contribution >= 4 is 6.09 Å². The molecule has 0 radical (unpaired) electrons. The Morgan fingerprint density at radius 2 is 1.73 bits per heavy atom. The molecule has 0 aromatic rings. The molecule has 5 rings (SSSR count). The second kappa shape index (κ2) is 2.50. The van der Waals surface area contributed by atoms with Crippen molar-refractivity contribution < 1.29 is 9.53 Å². The van der Waals surface area contributed by atoms with Gasteiger partial charge in [-0.05, 0) is 56.3 Å². The summed E-state index contributed by atoms with van der Waals surface area (Å²) < 4.78 is 5.65. The van der Waals surface area contributed by atoms with Crippen molar-refractivity contribution in [1.29, 1.82) is 0 Å². The van der Waals surface area contributed by atoms with Gasteiger partial charge >= 0.3 is 6.09 Å². The Morgan fingerprint density at radius 3 is 2.47 bits per heavy atom. The van der Waals surface area contributed by atoms with E-state index < -0.39 is 0 Å². The van der Waals surface area contributed by atoms with Gasteiger partial charge in [-0.15, -0.1) is 0 Å². The topological polar surface area (TPSA) is 38.3 Å². The van der Waals surface area contributed by atoms with E-state index in [0.717, 1.165) is 30.6 Å². The van der Waals surface area contributed by atoms with Gasteiger partial charge in [0.05, 0.1) is 6.04 Å². The fourth-order valence-corrected chi connectivity index (χ4v) is 4.82. The Morgan fingerprint density at radius 1 is 1.07 bits per heavy atom. The van der Waals surface area contributed by atoms with Crippen LogP contribution < -0.4 is 5.32 Å². The minimum atomic E-state index is -0.165. The Labute approximate surface area is 89.6 Å². The van der Waals surface area contributed by atoms with Crippen molar-refractivity contribution in [2.75, 3.05) is 0 Å². The fraction of sp³-hybridized carbons (Fsp3) is 0.917. The molecule has 0 aromatic carbocycles. The molecule has 1 aliphatic heterocycles. The molecule has 82 valence electrons. The van der Waals surface area contributed by atoms with Crippen molar-refractivity contribution in [1.82, 2.24) is 5.32 Å². The van der Waals surface area contributed by atoms with Gasteiger partial charge in [0.25, 0.3) is 0 Å². The van der Waals surface area contributed by atoms with Crippen LogP contribution in [-0.2, 0) is 4.74 Å². The summed E-state index contributed by atoms with van der Waals surface area (Å²) in [5, 5.41) is 3.04. The minimum absolute atomic E-state index is 0.101. The van der Waals surface area contributed by atoms with E-state index in [0.29, 0.717) is 6.04 Å². The number of carbonyl (C=O) groups excluding carboxylic acids is 1. The van der Waals surface area contributed by atoms with Gasteiger partial charge in [0.15, 0.2) is 0 Å². The molecular weight excluding hydrogens is 190 g/mol. The third-order valence-electron chi connectivity index (χ3n) is 5.06. The average molecular weight is 207 g/mol. The van der Waals surface area contributed by atoms with Gasteiger partial charge in [-0.2, -0.15) is 0 Å². The van der Waals surface area contributed by atoms with E-state index in [1.54, 1.807) is 0 Å². The standard InChI is InChI=1S/C12H17NO2/c14-11-13-10-4-7-1-8-3-9(2-7)6-12(10,5-8)15-11/h7-10H,1-6H2,(H,13,14)/t7?,8?,9?,10-,12?/m0/s1. The van der Waals surface area contributed by atoms with Crippen LogP contribution in [0.5, 0.6) is 0 Å². The number of amides is 1. The quantitative estimate of drug-likeness (QED) is 0.660. The summed E-state index contributed by atoms with van der Waals surface area (Å²) >= 11 is 0. The number of nitrogens with one attached hydrogen (secondary N) is 1. The third kappa shape index (κ3) is 1.04. The molecule has 15 heavy (non-hydrogen) atoms. The monoisotopic (exact) mass is 207 g/mol. The Bertz CT molecular complexity index is 314. The summed E-state index contributed by atoms with van der Waals surface area (Å²) in [7, 11) is 0. The number of hydrogen-bond donors (Lipinski definition) is 1. The van der Waals surface area contributed by atoms with Gasteiger partial charge < -0.3 is 10.1 Å². The molecule has 1 amide bonds. The van der Waals surface area contributed by atoms with Gasteiger partial charge in [-0.25, -0.2) is 4.79 Å². The number of rotatable bonds is 0. The van der Waals surface area contributed by atoms with E-state index in [1.807, 2.05) is 0 Å². The molecule has 1 saturated heterocycles. The van der Waals surface area contributed by atoms with Crippen molar-refractivity contribution in [3.05, 3.63) is 0 Å². The first kappa shape index (κ1) is 8.43. The SMILES string of the molecule is O=C1N[C@H]2CC3CC4CC(C3)CC2(C4)O1. The van der Waals surface area contributed by atoms with Gasteiger partial charge in [0.1, 0.15) is 5.60 Å². The van der Waals surface area contributed by atoms with Crippen molar-refractivity contribution in [2.45, 2.75) is 50.2 Å². The second-order valence-electron chi connectivity index (χ2n) is 6.10. The van der Waals surface area contributed by atoms with E-state index >= 15 is 0 Å². The van der Waals surface area contributed by atoms with Gasteiger partial charge in [-0.3, -0.25) is 0 Å². The van der Waals surface area contributed by atoms with Crippen molar-refractivity contribution in [3.8, 4) is 0 Å². The summed E-state index contributed by atoms with van der Waals surface area (Å²) in [5.74, 6) is 2.52. The molecule has 3 nitrogen and oxygen atoms in total. The summed E-state index contributed by atoms with van der Waals surface area (Å²) in [6.45, 7) is 0. The number of ether oxygens (including phenoxy) is 1. The van der Waals surface area contributed by atoms with Crippen LogP contribution >= 0.6 is 0 Å². The molecule has 1 heterocycles. The zero-order valence-electron chi connectivity index (χ0n) is 8.87. The van der Waals surface area contributed by atoms with E-state index in [4.69, 9.17) is 4.74 Å². The molecular formula is C12H17NO2. The molecule has 2 unspecified atom stereocenters. The summed E-state index contributed by atoms with van der Waals surface area (Å²) in [4.78, 5) is 11.4. The van der Waals surface area contributed by atoms with Crippen LogP contribution in [-0.4, -0.2) is 17.7 Å². The summed E-state index contributed by atoms with van der Waals surface area (Å²) in [6.07, 6.45) is 7.41. The van der Waals surface area contributed by atoms with Crippen LogP contribution in [0.3, 0.4) is 0 Å². The summed E-state index contributed by atoms with van der Waals surface area (Å²) in [6, 6.07) is 0.324. The normalized spacial score (nSPS) is 55.9. The zero-order chi connectivity index (χ0) is 10.0. The Hall–Kier alpha value is -0.730. The maximum absolute atomic E-state index is 11.4. The fourth-order valence-electron chi connectivity index (χ4n) is 4.82. The van der Waals surface area contributed by atoms with Crippen molar-refractivity contribution in [3.63, 3.8) is 0 Å². The van der Waals surface area contributed by atoms with Crippen molar-refractivity contribution in [2.24, 2.45) is 17.8 Å². The molecule has 3 atom stereocenters. The molecule has 1 N–H and O–H groups in total. The lowest BCUT2D eigenvalue weighted by Gasteiger charge is -2.43. The Balaban J connectivity index is 1.78. The molecule has 5 aliphatic rings. The van der Waals surface area contributed by atoms with Crippen LogP contribution in [0.2, 0.25) is 0 Å². The number of alkyl carbamates (subject to hydrolysis) is 1. The highest BCUT2D eigenvalue weighted by atomic mass is 16.6. The smallest absolute Gasteiger partial charge is 0.408 e. The largest absolute Gasteiger partial charge is 0.441 e. The maximum Gasteiger partial charge on any atom is 0.408 e. The van der Waals surface area contributed by atoms with Crippen LogP contribution in [0, 0.1) is 17.8 Å². The lowest BCUT2D eigenvalue weighted by molar-refractivity contribution is -0.0325. The second-order valence-corrected chi connectivity index (χ2v) is 6.10. The molecule has 5 fully saturated rings. The van der Waals surface area contributed by atoms with Gasteiger partial charge in [-0.1, -0.05) is 0 Å². The van der Waals surface area contributed by atoms with E-state index in [2.05, 4.69) is 5.32 Å². The van der Waals surface area contributed by atoms with E-state index in [-0.39, 0.29) is 11.7 Å². The molecule has 0 aromatic heterocycles. The molecule has 4 aliphatic carbocycles.